The van der Waals surface area contributed by atoms with Crippen molar-refractivity contribution in [3.8, 4) is 0 Å². The van der Waals surface area contributed by atoms with Gasteiger partial charge in [0.25, 0.3) is 0 Å². The first-order valence-corrected chi connectivity index (χ1v) is 6.80. The van der Waals surface area contributed by atoms with Crippen molar-refractivity contribution in [3.05, 3.63) is 47.5 Å². The monoisotopic (exact) mass is 295 g/mol. The number of aliphatic hydroxyl groups is 2. The molecule has 0 saturated carbocycles. The predicted octanol–water partition coefficient (Wildman–Crippen LogP) is 1.84. The molecule has 0 aliphatic carbocycles. The fourth-order valence-corrected chi connectivity index (χ4v) is 2.32. The third-order valence-electron chi connectivity index (χ3n) is 3.69. The maximum atomic E-state index is 11.1. The van der Waals surface area contributed by atoms with Crippen molar-refractivity contribution >= 4 is 11.6 Å². The second-order valence-electron chi connectivity index (χ2n) is 5.05. The van der Waals surface area contributed by atoms with Crippen LogP contribution in [0.15, 0.2) is 36.9 Å². The lowest BCUT2D eigenvalue weighted by molar-refractivity contribution is -0.0779. The van der Waals surface area contributed by atoms with Gasteiger partial charge in [-0.15, -0.1) is 0 Å². The van der Waals surface area contributed by atoms with E-state index in [4.69, 9.17) is 11.6 Å². The molecule has 0 radical (unpaired) electrons. The summed E-state index contributed by atoms with van der Waals surface area (Å²) in [4.78, 5) is 3.88. The lowest BCUT2D eigenvalue weighted by Crippen LogP contribution is -2.43. The molecule has 3 atom stereocenters. The van der Waals surface area contributed by atoms with Crippen molar-refractivity contribution in [2.24, 2.45) is 5.92 Å². The Hall–Kier alpha value is -1.43. The molecule has 108 valence electrons. The number of rotatable bonds is 5. The van der Waals surface area contributed by atoms with Crippen molar-refractivity contribution in [3.63, 3.8) is 0 Å². The van der Waals surface area contributed by atoms with E-state index in [0.29, 0.717) is 10.6 Å². The number of hydrogen-bond acceptors (Lipinski definition) is 4. The molecule has 2 rings (SSSR count). The molecule has 0 spiro atoms. The number of nitrogens with zero attached hydrogens (tertiary/aromatic N) is 3. The summed E-state index contributed by atoms with van der Waals surface area (Å²) in [6.45, 7) is 3.67. The van der Waals surface area contributed by atoms with E-state index in [0.717, 1.165) is 0 Å². The summed E-state index contributed by atoms with van der Waals surface area (Å²) in [6.07, 6.45) is 2.28. The zero-order chi connectivity index (χ0) is 14.8. The van der Waals surface area contributed by atoms with Crippen LogP contribution in [-0.4, -0.2) is 31.1 Å². The second kappa shape index (κ2) is 5.91. The second-order valence-corrected chi connectivity index (χ2v) is 5.49. The molecule has 6 heteroatoms. The molecule has 3 unspecified atom stereocenters. The number of benzene rings is 1. The van der Waals surface area contributed by atoms with Crippen LogP contribution >= 0.6 is 11.6 Å². The largest absolute Gasteiger partial charge is 0.393 e. The first-order chi connectivity index (χ1) is 9.43. The van der Waals surface area contributed by atoms with Crippen LogP contribution < -0.4 is 0 Å². The highest BCUT2D eigenvalue weighted by Gasteiger charge is 2.39. The zero-order valence-corrected chi connectivity index (χ0v) is 12.2. The summed E-state index contributed by atoms with van der Waals surface area (Å²) in [7, 11) is 0. The zero-order valence-electron chi connectivity index (χ0n) is 11.4. The highest BCUT2D eigenvalue weighted by atomic mass is 35.5. The van der Waals surface area contributed by atoms with E-state index in [9.17, 15) is 10.2 Å². The summed E-state index contributed by atoms with van der Waals surface area (Å²) in [5, 5.41) is 25.6. The van der Waals surface area contributed by atoms with Gasteiger partial charge in [0, 0.05) is 10.9 Å². The van der Waals surface area contributed by atoms with E-state index in [1.54, 1.807) is 42.8 Å². The summed E-state index contributed by atoms with van der Waals surface area (Å²) in [5.41, 5.74) is -0.572. The Bertz CT molecular complexity index is 542. The lowest BCUT2D eigenvalue weighted by Gasteiger charge is -2.36. The molecule has 0 amide bonds. The van der Waals surface area contributed by atoms with Gasteiger partial charge in [-0.3, -0.25) is 0 Å². The van der Waals surface area contributed by atoms with Crippen LogP contribution in [0.3, 0.4) is 0 Å². The average molecular weight is 296 g/mol. The molecule has 20 heavy (non-hydrogen) atoms. The molecular formula is C14H18ClN3O2. The van der Waals surface area contributed by atoms with Gasteiger partial charge in [-0.25, -0.2) is 9.67 Å². The molecule has 0 bridgehead atoms. The number of halogens is 1. The van der Waals surface area contributed by atoms with Gasteiger partial charge in [0.15, 0.2) is 0 Å². The van der Waals surface area contributed by atoms with Crippen LogP contribution in [0, 0.1) is 5.92 Å². The van der Waals surface area contributed by atoms with Gasteiger partial charge in [-0.1, -0.05) is 30.7 Å². The van der Waals surface area contributed by atoms with Crippen molar-refractivity contribution in [2.45, 2.75) is 32.1 Å². The van der Waals surface area contributed by atoms with Gasteiger partial charge in [-0.05, 0) is 24.6 Å². The molecule has 1 aromatic carbocycles. The van der Waals surface area contributed by atoms with E-state index in [1.165, 1.54) is 12.7 Å². The quantitative estimate of drug-likeness (QED) is 0.883. The molecule has 2 N–H and O–H groups in total. The summed E-state index contributed by atoms with van der Waals surface area (Å²) in [5.74, 6) is -0.382. The number of aliphatic hydroxyl groups excluding tert-OH is 1. The van der Waals surface area contributed by atoms with E-state index in [2.05, 4.69) is 10.1 Å². The van der Waals surface area contributed by atoms with Crippen LogP contribution in [0.4, 0.5) is 0 Å². The predicted molar refractivity (Wildman–Crippen MR) is 76.2 cm³/mol. The third-order valence-corrected chi connectivity index (χ3v) is 3.94. The molecule has 0 saturated heterocycles. The topological polar surface area (TPSA) is 71.2 Å². The molecule has 0 fully saturated rings. The standard InChI is InChI=1S/C14H18ClN3O2/c1-10(11(2)19)14(20,7-18-9-16-8-17-18)12-3-5-13(15)6-4-12/h3-6,8-11,19-20H,7H2,1-2H3. The Balaban J connectivity index is 2.40. The SMILES string of the molecule is CC(O)C(C)C(O)(Cn1cncn1)c1ccc(Cl)cc1. The van der Waals surface area contributed by atoms with Crippen molar-refractivity contribution < 1.29 is 10.2 Å². The fourth-order valence-electron chi connectivity index (χ4n) is 2.20. The fraction of sp³-hybridized carbons (Fsp3) is 0.429. The molecule has 1 aromatic heterocycles. The van der Waals surface area contributed by atoms with Gasteiger partial charge >= 0.3 is 0 Å². The normalized spacial score (nSPS) is 17.4. The lowest BCUT2D eigenvalue weighted by atomic mass is 9.79. The first-order valence-electron chi connectivity index (χ1n) is 6.42. The van der Waals surface area contributed by atoms with Crippen LogP contribution in [0.5, 0.6) is 0 Å². The smallest absolute Gasteiger partial charge is 0.137 e. The van der Waals surface area contributed by atoms with Crippen molar-refractivity contribution in [1.29, 1.82) is 0 Å². The van der Waals surface area contributed by atoms with E-state index >= 15 is 0 Å². The summed E-state index contributed by atoms with van der Waals surface area (Å²) < 4.78 is 1.55. The minimum atomic E-state index is -1.26. The van der Waals surface area contributed by atoms with Crippen LogP contribution in [-0.2, 0) is 12.1 Å². The van der Waals surface area contributed by atoms with Gasteiger partial charge in [0.1, 0.15) is 18.3 Å². The van der Waals surface area contributed by atoms with Gasteiger partial charge in [0.2, 0.25) is 0 Å². The number of hydrogen-bond donors (Lipinski definition) is 2. The highest BCUT2D eigenvalue weighted by molar-refractivity contribution is 6.30. The van der Waals surface area contributed by atoms with E-state index in [-0.39, 0.29) is 12.5 Å². The Kier molecular flexibility index (Phi) is 4.42. The third kappa shape index (κ3) is 3.00. The maximum Gasteiger partial charge on any atom is 0.137 e. The number of aromatic nitrogens is 3. The van der Waals surface area contributed by atoms with Gasteiger partial charge < -0.3 is 10.2 Å². The Labute approximate surface area is 122 Å². The van der Waals surface area contributed by atoms with E-state index < -0.39 is 11.7 Å². The minimum Gasteiger partial charge on any atom is -0.393 e. The average Bonchev–Trinajstić information content (AvgIpc) is 2.91. The molecule has 2 aromatic rings. The van der Waals surface area contributed by atoms with Crippen LogP contribution in [0.1, 0.15) is 19.4 Å². The molecule has 1 heterocycles. The van der Waals surface area contributed by atoms with Crippen LogP contribution in [0.2, 0.25) is 5.02 Å². The molecule has 5 nitrogen and oxygen atoms in total. The summed E-state index contributed by atoms with van der Waals surface area (Å²) in [6, 6.07) is 6.96. The minimum absolute atomic E-state index is 0.209. The Morgan fingerprint density at radius 3 is 2.45 bits per heavy atom. The Morgan fingerprint density at radius 1 is 1.30 bits per heavy atom. The van der Waals surface area contributed by atoms with Gasteiger partial charge in [-0.2, -0.15) is 5.10 Å². The van der Waals surface area contributed by atoms with Gasteiger partial charge in [0.05, 0.1) is 12.6 Å². The van der Waals surface area contributed by atoms with E-state index in [1.807, 2.05) is 0 Å². The van der Waals surface area contributed by atoms with Crippen LogP contribution in [0.25, 0.3) is 0 Å². The Morgan fingerprint density at radius 2 is 1.95 bits per heavy atom. The summed E-state index contributed by atoms with van der Waals surface area (Å²) >= 11 is 5.89. The van der Waals surface area contributed by atoms with Crippen molar-refractivity contribution in [1.82, 2.24) is 14.8 Å². The first kappa shape index (κ1) is 15.0. The van der Waals surface area contributed by atoms with Crippen molar-refractivity contribution in [2.75, 3.05) is 0 Å². The molecule has 0 aliphatic heterocycles. The maximum absolute atomic E-state index is 11.1. The highest BCUT2D eigenvalue weighted by Crippen LogP contribution is 2.34. The molecular weight excluding hydrogens is 278 g/mol. The molecule has 0 aliphatic rings.